The van der Waals surface area contributed by atoms with Gasteiger partial charge in [0, 0.05) is 31.4 Å². The van der Waals surface area contributed by atoms with Crippen LogP contribution < -0.4 is 15.4 Å². The van der Waals surface area contributed by atoms with Gasteiger partial charge in [-0.25, -0.2) is 4.98 Å². The smallest absolute Gasteiger partial charge is 0.421 e. The zero-order valence-corrected chi connectivity index (χ0v) is 18.6. The summed E-state index contributed by atoms with van der Waals surface area (Å²) in [5, 5.41) is 15.4. The second-order valence-corrected chi connectivity index (χ2v) is 6.60. The molecular formula is C18H28F3IN4O3. The molecule has 166 valence electrons. The fraction of sp³-hybridized carbons (Fsp3) is 0.667. The van der Waals surface area contributed by atoms with Gasteiger partial charge in [0.25, 0.3) is 0 Å². The van der Waals surface area contributed by atoms with E-state index in [0.29, 0.717) is 38.7 Å². The maximum Gasteiger partial charge on any atom is 0.421 e. The monoisotopic (exact) mass is 532 g/mol. The molecule has 0 aromatic carbocycles. The summed E-state index contributed by atoms with van der Waals surface area (Å²) in [4.78, 5) is 8.20. The lowest BCUT2D eigenvalue weighted by Gasteiger charge is -2.24. The number of alkyl halides is 3. The fourth-order valence-corrected chi connectivity index (χ4v) is 2.91. The van der Waals surface area contributed by atoms with Gasteiger partial charge in [-0.2, -0.15) is 13.2 Å². The van der Waals surface area contributed by atoms with Gasteiger partial charge in [0.05, 0.1) is 19.7 Å². The minimum Gasteiger partial charge on any atom is -0.475 e. The zero-order valence-electron chi connectivity index (χ0n) is 16.3. The molecule has 1 aliphatic rings. The van der Waals surface area contributed by atoms with Crippen molar-refractivity contribution >= 4 is 29.9 Å². The number of aliphatic hydroxyl groups excluding tert-OH is 1. The summed E-state index contributed by atoms with van der Waals surface area (Å²) in [6.45, 7) is 4.57. The molecule has 0 bridgehead atoms. The number of aliphatic hydroxyl groups is 1. The number of aliphatic imine (C=N–C) groups is 1. The molecule has 1 fully saturated rings. The van der Waals surface area contributed by atoms with Crippen molar-refractivity contribution in [2.75, 3.05) is 46.1 Å². The van der Waals surface area contributed by atoms with Crippen molar-refractivity contribution in [1.82, 2.24) is 15.6 Å². The normalized spacial score (nSPS) is 19.6. The average Bonchev–Trinajstić information content (AvgIpc) is 3.12. The fourth-order valence-electron chi connectivity index (χ4n) is 2.91. The number of nitrogens with one attached hydrogen (secondary N) is 2. The minimum atomic E-state index is -4.52. The van der Waals surface area contributed by atoms with Crippen LogP contribution in [0.3, 0.4) is 0 Å². The summed E-state index contributed by atoms with van der Waals surface area (Å²) in [7, 11) is 0. The Labute approximate surface area is 185 Å². The van der Waals surface area contributed by atoms with Crippen LogP contribution in [0.25, 0.3) is 0 Å². The number of pyridine rings is 1. The molecule has 1 unspecified atom stereocenters. The molecule has 0 radical (unpaired) electrons. The third-order valence-electron chi connectivity index (χ3n) is 4.45. The molecule has 3 N–H and O–H groups in total. The Hall–Kier alpha value is -1.34. The lowest BCUT2D eigenvalue weighted by atomic mass is 9.84. The van der Waals surface area contributed by atoms with E-state index in [2.05, 4.69) is 20.6 Å². The van der Waals surface area contributed by atoms with Gasteiger partial charge in [0.1, 0.15) is 12.2 Å². The van der Waals surface area contributed by atoms with Crippen molar-refractivity contribution in [2.24, 2.45) is 10.4 Å². The minimum absolute atomic E-state index is 0. The first-order valence-corrected chi connectivity index (χ1v) is 9.26. The highest BCUT2D eigenvalue weighted by molar-refractivity contribution is 14.0. The first-order valence-electron chi connectivity index (χ1n) is 9.26. The van der Waals surface area contributed by atoms with Gasteiger partial charge in [-0.15, -0.1) is 24.0 Å². The Morgan fingerprint density at radius 2 is 2.21 bits per heavy atom. The maximum absolute atomic E-state index is 12.9. The van der Waals surface area contributed by atoms with E-state index in [1.807, 2.05) is 6.92 Å². The van der Waals surface area contributed by atoms with Gasteiger partial charge in [0.15, 0.2) is 5.96 Å². The van der Waals surface area contributed by atoms with E-state index in [9.17, 15) is 18.3 Å². The molecule has 1 aromatic heterocycles. The van der Waals surface area contributed by atoms with Crippen LogP contribution in [0.4, 0.5) is 13.2 Å². The van der Waals surface area contributed by atoms with Crippen molar-refractivity contribution in [1.29, 1.82) is 0 Å². The Morgan fingerprint density at radius 1 is 1.41 bits per heavy atom. The second kappa shape index (κ2) is 12.4. The van der Waals surface area contributed by atoms with E-state index in [-0.39, 0.29) is 49.2 Å². The van der Waals surface area contributed by atoms with E-state index in [1.54, 1.807) is 0 Å². The summed E-state index contributed by atoms with van der Waals surface area (Å²) in [6, 6.07) is 2.16. The standard InChI is InChI=1S/C18H27F3N4O3.HI/c1-2-22-16(25-12-17(5-9-26)6-10-27-13-17)24-8-11-28-15-14(18(19,20)21)4-3-7-23-15;/h3-4,7,26H,2,5-6,8-13H2,1H3,(H2,22,24,25);1H. The SMILES string of the molecule is CCNC(=NCC1(CCO)CCOC1)NCCOc1ncccc1C(F)(F)F.I. The summed E-state index contributed by atoms with van der Waals surface area (Å²) in [5.74, 6) is 0.0936. The molecule has 1 saturated heterocycles. The van der Waals surface area contributed by atoms with Crippen molar-refractivity contribution in [2.45, 2.75) is 25.9 Å². The van der Waals surface area contributed by atoms with Crippen LogP contribution in [0.2, 0.25) is 0 Å². The predicted octanol–water partition coefficient (Wildman–Crippen LogP) is 2.44. The molecule has 1 aliphatic heterocycles. The van der Waals surface area contributed by atoms with Crippen molar-refractivity contribution < 1.29 is 27.8 Å². The second-order valence-electron chi connectivity index (χ2n) is 6.60. The highest BCUT2D eigenvalue weighted by atomic mass is 127. The van der Waals surface area contributed by atoms with Gasteiger partial charge in [-0.05, 0) is 31.9 Å². The summed E-state index contributed by atoms with van der Waals surface area (Å²) in [5.41, 5.74) is -1.08. The molecule has 2 heterocycles. The third kappa shape index (κ3) is 8.13. The first kappa shape index (κ1) is 25.7. The van der Waals surface area contributed by atoms with Gasteiger partial charge >= 0.3 is 6.18 Å². The Morgan fingerprint density at radius 3 is 2.83 bits per heavy atom. The number of hydrogen-bond acceptors (Lipinski definition) is 5. The van der Waals surface area contributed by atoms with Crippen LogP contribution in [-0.2, 0) is 10.9 Å². The molecule has 1 atom stereocenters. The molecule has 0 spiro atoms. The molecule has 11 heteroatoms. The topological polar surface area (TPSA) is 88.0 Å². The average molecular weight is 532 g/mol. The van der Waals surface area contributed by atoms with Crippen LogP contribution >= 0.6 is 24.0 Å². The number of guanidine groups is 1. The number of rotatable bonds is 9. The van der Waals surface area contributed by atoms with E-state index in [1.165, 1.54) is 12.3 Å². The summed E-state index contributed by atoms with van der Waals surface area (Å²) >= 11 is 0. The van der Waals surface area contributed by atoms with Gasteiger partial charge in [0.2, 0.25) is 5.88 Å². The zero-order chi connectivity index (χ0) is 20.5. The van der Waals surface area contributed by atoms with Gasteiger partial charge < -0.3 is 25.2 Å². The number of ether oxygens (including phenoxy) is 2. The molecule has 1 aromatic rings. The number of hydrogen-bond donors (Lipinski definition) is 3. The largest absolute Gasteiger partial charge is 0.475 e. The molecule has 2 rings (SSSR count). The van der Waals surface area contributed by atoms with Crippen LogP contribution in [0, 0.1) is 5.41 Å². The molecule has 29 heavy (non-hydrogen) atoms. The Bertz CT molecular complexity index is 641. The highest BCUT2D eigenvalue weighted by Crippen LogP contribution is 2.34. The van der Waals surface area contributed by atoms with Crippen LogP contribution in [0.5, 0.6) is 5.88 Å². The van der Waals surface area contributed by atoms with Crippen LogP contribution in [-0.4, -0.2) is 62.1 Å². The quantitative estimate of drug-likeness (QED) is 0.196. The van der Waals surface area contributed by atoms with Gasteiger partial charge in [-0.1, -0.05) is 0 Å². The predicted molar refractivity (Wildman–Crippen MR) is 114 cm³/mol. The number of nitrogens with zero attached hydrogens (tertiary/aromatic N) is 2. The van der Waals surface area contributed by atoms with Crippen molar-refractivity contribution in [3.8, 4) is 5.88 Å². The molecule has 7 nitrogen and oxygen atoms in total. The van der Waals surface area contributed by atoms with Crippen LogP contribution in [0.15, 0.2) is 23.3 Å². The molecular weight excluding hydrogens is 504 g/mol. The highest BCUT2D eigenvalue weighted by Gasteiger charge is 2.35. The number of halogens is 4. The van der Waals surface area contributed by atoms with E-state index < -0.39 is 17.6 Å². The van der Waals surface area contributed by atoms with Crippen LogP contribution in [0.1, 0.15) is 25.3 Å². The molecule has 0 saturated carbocycles. The summed E-state index contributed by atoms with van der Waals surface area (Å²) in [6.07, 6.45) is -1.82. The lowest BCUT2D eigenvalue weighted by Crippen LogP contribution is -2.40. The van der Waals surface area contributed by atoms with Crippen molar-refractivity contribution in [3.63, 3.8) is 0 Å². The first-order chi connectivity index (χ1) is 13.4. The summed E-state index contributed by atoms with van der Waals surface area (Å²) < 4.78 is 49.5. The van der Waals surface area contributed by atoms with E-state index in [4.69, 9.17) is 9.47 Å². The van der Waals surface area contributed by atoms with Gasteiger partial charge in [-0.3, -0.25) is 4.99 Å². The Balaban J connectivity index is 0.00000420. The third-order valence-corrected chi connectivity index (χ3v) is 4.45. The number of aromatic nitrogens is 1. The molecule has 0 amide bonds. The lowest BCUT2D eigenvalue weighted by molar-refractivity contribution is -0.139. The Kier molecular flexibility index (Phi) is 11.0. The van der Waals surface area contributed by atoms with E-state index >= 15 is 0 Å². The van der Waals surface area contributed by atoms with Crippen molar-refractivity contribution in [3.05, 3.63) is 23.9 Å². The molecule has 0 aliphatic carbocycles. The maximum atomic E-state index is 12.9. The van der Waals surface area contributed by atoms with E-state index in [0.717, 1.165) is 12.5 Å².